The number of carbonyl (C=O) groups is 1. The molecule has 0 aromatic heterocycles. The highest BCUT2D eigenvalue weighted by Crippen LogP contribution is 2.00. The lowest BCUT2D eigenvalue weighted by Crippen LogP contribution is -2.16. The predicted molar refractivity (Wildman–Crippen MR) is 60.3 cm³/mol. The van der Waals surface area contributed by atoms with E-state index < -0.39 is 5.97 Å². The Morgan fingerprint density at radius 1 is 1.38 bits per heavy atom. The van der Waals surface area contributed by atoms with Crippen LogP contribution in [0.15, 0.2) is 0 Å². The highest BCUT2D eigenvalue weighted by molar-refractivity contribution is 7.16. The van der Waals surface area contributed by atoms with Crippen LogP contribution in [0, 0.1) is 0 Å². The minimum atomic E-state index is -0.822. The summed E-state index contributed by atoms with van der Waals surface area (Å²) in [6, 6.07) is 0. The smallest absolute Gasteiger partial charge is 0.317 e. The van der Waals surface area contributed by atoms with Crippen LogP contribution in [0.2, 0.25) is 0 Å². The molecule has 0 bridgehead atoms. The molecule has 3 nitrogen and oxygen atoms in total. The highest BCUT2D eigenvalue weighted by atomic mass is 31.0. The Kier molecular flexibility index (Phi) is 17.0. The average molecular weight is 207 g/mol. The van der Waals surface area contributed by atoms with Gasteiger partial charge in [0.25, 0.3) is 0 Å². The lowest BCUT2D eigenvalue weighted by atomic mass is 10.2. The number of hydrogen-bond donors (Lipinski definition) is 2. The molecule has 0 radical (unpaired) electrons. The number of carboxylic acids is 1. The lowest BCUT2D eigenvalue weighted by molar-refractivity contribution is -0.135. The van der Waals surface area contributed by atoms with Crippen LogP contribution in [-0.2, 0) is 4.79 Å². The van der Waals surface area contributed by atoms with E-state index in [1.54, 1.807) is 7.05 Å². The predicted octanol–water partition coefficient (Wildman–Crippen LogP) is 1.73. The SMILES string of the molecule is CCCCCCP.CNCC(=O)O. The topological polar surface area (TPSA) is 49.3 Å². The van der Waals surface area contributed by atoms with Crippen LogP contribution in [0.25, 0.3) is 0 Å². The standard InChI is InChI=1S/C6H15P.C3H7NO2/c1-2-3-4-5-6-7;1-4-2-3(5)6/h2-7H2,1H3;4H,2H2,1H3,(H,5,6). The second-order valence-corrected chi connectivity index (χ2v) is 3.35. The molecule has 1 atom stereocenters. The Labute approximate surface area is 83.5 Å². The molecule has 13 heavy (non-hydrogen) atoms. The van der Waals surface area contributed by atoms with Gasteiger partial charge in [-0.05, 0) is 19.6 Å². The number of rotatable bonds is 6. The Morgan fingerprint density at radius 2 is 2.00 bits per heavy atom. The van der Waals surface area contributed by atoms with Crippen molar-refractivity contribution in [1.82, 2.24) is 5.32 Å². The molecular weight excluding hydrogens is 185 g/mol. The first-order chi connectivity index (χ1) is 6.18. The van der Waals surface area contributed by atoms with E-state index in [9.17, 15) is 4.79 Å². The zero-order valence-electron chi connectivity index (χ0n) is 8.68. The van der Waals surface area contributed by atoms with Crippen LogP contribution in [0.3, 0.4) is 0 Å². The molecule has 0 aliphatic carbocycles. The zero-order valence-corrected chi connectivity index (χ0v) is 9.83. The van der Waals surface area contributed by atoms with Crippen molar-refractivity contribution in [2.45, 2.75) is 32.6 Å². The molecule has 1 unspecified atom stereocenters. The summed E-state index contributed by atoms with van der Waals surface area (Å²) in [4.78, 5) is 9.54. The molecule has 0 aromatic rings. The van der Waals surface area contributed by atoms with Crippen molar-refractivity contribution in [3.05, 3.63) is 0 Å². The minimum absolute atomic E-state index is 0.0417. The van der Waals surface area contributed by atoms with Crippen molar-refractivity contribution in [3.8, 4) is 0 Å². The van der Waals surface area contributed by atoms with Crippen molar-refractivity contribution >= 4 is 15.2 Å². The fraction of sp³-hybridized carbons (Fsp3) is 0.889. The van der Waals surface area contributed by atoms with Gasteiger partial charge in [0.05, 0.1) is 6.54 Å². The minimum Gasteiger partial charge on any atom is -0.480 e. The molecule has 0 spiro atoms. The second kappa shape index (κ2) is 14.4. The molecule has 2 N–H and O–H groups in total. The molecule has 0 amide bonds. The van der Waals surface area contributed by atoms with E-state index in [1.807, 2.05) is 0 Å². The molecule has 0 aromatic carbocycles. The van der Waals surface area contributed by atoms with Crippen LogP contribution >= 0.6 is 9.24 Å². The summed E-state index contributed by atoms with van der Waals surface area (Å²) in [7, 11) is 4.34. The number of aliphatic carboxylic acids is 1. The Morgan fingerprint density at radius 3 is 2.23 bits per heavy atom. The van der Waals surface area contributed by atoms with Crippen LogP contribution < -0.4 is 5.32 Å². The molecule has 4 heteroatoms. The third-order valence-electron chi connectivity index (χ3n) is 1.39. The number of hydrogen-bond acceptors (Lipinski definition) is 2. The van der Waals surface area contributed by atoms with Gasteiger partial charge in [-0.2, -0.15) is 0 Å². The summed E-state index contributed by atoms with van der Waals surface area (Å²) in [6.07, 6.45) is 6.84. The summed E-state index contributed by atoms with van der Waals surface area (Å²) in [6.45, 7) is 2.28. The molecule has 0 heterocycles. The second-order valence-electron chi connectivity index (χ2n) is 2.77. The molecule has 0 saturated carbocycles. The van der Waals surface area contributed by atoms with Gasteiger partial charge in [-0.25, -0.2) is 0 Å². The Hall–Kier alpha value is -0.140. The van der Waals surface area contributed by atoms with E-state index >= 15 is 0 Å². The van der Waals surface area contributed by atoms with Crippen molar-refractivity contribution in [3.63, 3.8) is 0 Å². The van der Waals surface area contributed by atoms with Gasteiger partial charge in [-0.3, -0.25) is 4.79 Å². The lowest BCUT2D eigenvalue weighted by Gasteiger charge is -1.90. The van der Waals surface area contributed by atoms with E-state index in [4.69, 9.17) is 5.11 Å². The number of nitrogens with one attached hydrogen (secondary N) is 1. The van der Waals surface area contributed by atoms with Crippen LogP contribution in [-0.4, -0.2) is 30.8 Å². The Bertz CT molecular complexity index is 106. The van der Waals surface area contributed by atoms with Crippen molar-refractivity contribution < 1.29 is 9.90 Å². The van der Waals surface area contributed by atoms with E-state index in [1.165, 1.54) is 31.8 Å². The van der Waals surface area contributed by atoms with E-state index in [-0.39, 0.29) is 6.54 Å². The van der Waals surface area contributed by atoms with Gasteiger partial charge in [-0.1, -0.05) is 26.2 Å². The van der Waals surface area contributed by atoms with Crippen molar-refractivity contribution in [1.29, 1.82) is 0 Å². The molecule has 0 fully saturated rings. The van der Waals surface area contributed by atoms with Gasteiger partial charge in [0.1, 0.15) is 0 Å². The summed E-state index contributed by atoms with van der Waals surface area (Å²) in [5, 5.41) is 10.3. The van der Waals surface area contributed by atoms with Crippen molar-refractivity contribution in [2.24, 2.45) is 0 Å². The average Bonchev–Trinajstić information content (AvgIpc) is 2.06. The first-order valence-electron chi connectivity index (χ1n) is 4.75. The first kappa shape index (κ1) is 15.3. The molecule has 0 saturated heterocycles. The van der Waals surface area contributed by atoms with Crippen LogP contribution in [0.1, 0.15) is 32.6 Å². The Balaban J connectivity index is 0. The fourth-order valence-electron chi connectivity index (χ4n) is 0.722. The summed E-state index contributed by atoms with van der Waals surface area (Å²) < 4.78 is 0. The molecule has 0 aliphatic rings. The van der Waals surface area contributed by atoms with E-state index in [0.29, 0.717) is 0 Å². The van der Waals surface area contributed by atoms with Gasteiger partial charge in [0.2, 0.25) is 0 Å². The van der Waals surface area contributed by atoms with Gasteiger partial charge in [-0.15, -0.1) is 9.24 Å². The zero-order chi connectivity index (χ0) is 10.5. The maximum atomic E-state index is 9.54. The number of carboxylic acid groups (broad SMARTS) is 1. The van der Waals surface area contributed by atoms with Crippen LogP contribution in [0.5, 0.6) is 0 Å². The van der Waals surface area contributed by atoms with Gasteiger partial charge in [0, 0.05) is 0 Å². The van der Waals surface area contributed by atoms with Gasteiger partial charge in [0.15, 0.2) is 0 Å². The monoisotopic (exact) mass is 207 g/mol. The van der Waals surface area contributed by atoms with Gasteiger partial charge >= 0.3 is 5.97 Å². The molecule has 0 aliphatic heterocycles. The number of likely N-dealkylation sites (N-methyl/N-ethyl adjacent to an activating group) is 1. The normalized spacial score (nSPS) is 8.85. The van der Waals surface area contributed by atoms with E-state index in [2.05, 4.69) is 21.5 Å². The largest absolute Gasteiger partial charge is 0.480 e. The van der Waals surface area contributed by atoms with Gasteiger partial charge < -0.3 is 10.4 Å². The third-order valence-corrected chi connectivity index (χ3v) is 1.79. The van der Waals surface area contributed by atoms with Crippen LogP contribution in [0.4, 0.5) is 0 Å². The maximum Gasteiger partial charge on any atom is 0.317 e. The van der Waals surface area contributed by atoms with Crippen molar-refractivity contribution in [2.75, 3.05) is 19.8 Å². The summed E-state index contributed by atoms with van der Waals surface area (Å²) in [5.41, 5.74) is 0. The summed E-state index contributed by atoms with van der Waals surface area (Å²) >= 11 is 0. The summed E-state index contributed by atoms with van der Waals surface area (Å²) in [5.74, 6) is -0.822. The maximum absolute atomic E-state index is 9.54. The first-order valence-corrected chi connectivity index (χ1v) is 5.57. The fourth-order valence-corrected chi connectivity index (χ4v) is 1.01. The molecule has 0 rings (SSSR count). The van der Waals surface area contributed by atoms with E-state index in [0.717, 1.165) is 0 Å². The molecular formula is C9H22NO2P. The third kappa shape index (κ3) is 24.5. The molecule has 80 valence electrons. The quantitative estimate of drug-likeness (QED) is 0.515. The highest BCUT2D eigenvalue weighted by Gasteiger charge is 1.86. The number of unbranched alkanes of at least 4 members (excludes halogenated alkanes) is 3.